The maximum absolute atomic E-state index is 11.9. The molecule has 5 heteroatoms. The number of nitrogens with one attached hydrogen (secondary N) is 2. The van der Waals surface area contributed by atoms with Crippen LogP contribution in [0.1, 0.15) is 12.5 Å². The van der Waals surface area contributed by atoms with E-state index in [1.807, 2.05) is 38.2 Å². The highest BCUT2D eigenvalue weighted by Crippen LogP contribution is 2.23. The van der Waals surface area contributed by atoms with Gasteiger partial charge in [-0.2, -0.15) is 0 Å². The lowest BCUT2D eigenvalue weighted by atomic mass is 10.0. The summed E-state index contributed by atoms with van der Waals surface area (Å²) < 4.78 is 5.65. The molecule has 106 valence electrons. The number of rotatable bonds is 4. The van der Waals surface area contributed by atoms with Crippen LogP contribution in [0.2, 0.25) is 0 Å². The number of para-hydroxylation sites is 1. The number of halogens is 1. The number of carbonyl (C=O) groups is 1. The van der Waals surface area contributed by atoms with Gasteiger partial charge in [-0.25, -0.2) is 0 Å². The minimum absolute atomic E-state index is 0. The molecule has 0 aromatic heterocycles. The monoisotopic (exact) mass is 284 g/mol. The summed E-state index contributed by atoms with van der Waals surface area (Å²) in [7, 11) is 1.85. The Morgan fingerprint density at radius 3 is 2.95 bits per heavy atom. The predicted octanol–water partition coefficient (Wildman–Crippen LogP) is 1.38. The molecule has 0 spiro atoms. The molecule has 0 aliphatic carbocycles. The normalized spacial score (nSPS) is 18.5. The van der Waals surface area contributed by atoms with Gasteiger partial charge in [0.2, 0.25) is 5.91 Å². The standard InChI is InChI=1S/C14H20N2O2.ClH/c1-10(8-15-2)14(17)16-12-7-11-5-3-4-6-13(11)18-9-12;/h3-6,10,12,15H,7-9H2,1-2H3,(H,16,17);1H. The van der Waals surface area contributed by atoms with E-state index in [1.54, 1.807) is 0 Å². The Bertz CT molecular complexity index is 426. The third-order valence-corrected chi connectivity index (χ3v) is 3.18. The Morgan fingerprint density at radius 1 is 1.47 bits per heavy atom. The summed E-state index contributed by atoms with van der Waals surface area (Å²) in [5.74, 6) is 0.996. The molecule has 1 heterocycles. The molecule has 2 atom stereocenters. The van der Waals surface area contributed by atoms with E-state index >= 15 is 0 Å². The zero-order valence-corrected chi connectivity index (χ0v) is 12.1. The van der Waals surface area contributed by atoms with Crippen LogP contribution in [0.4, 0.5) is 0 Å². The van der Waals surface area contributed by atoms with Crippen molar-refractivity contribution in [3.63, 3.8) is 0 Å². The van der Waals surface area contributed by atoms with Gasteiger partial charge in [-0.3, -0.25) is 4.79 Å². The van der Waals surface area contributed by atoms with Crippen LogP contribution in [-0.4, -0.2) is 32.1 Å². The number of benzene rings is 1. The molecular weight excluding hydrogens is 264 g/mol. The summed E-state index contributed by atoms with van der Waals surface area (Å²) in [5.41, 5.74) is 1.16. The molecule has 2 unspecified atom stereocenters. The van der Waals surface area contributed by atoms with Crippen LogP contribution in [0.5, 0.6) is 5.75 Å². The van der Waals surface area contributed by atoms with Crippen molar-refractivity contribution in [2.24, 2.45) is 5.92 Å². The zero-order valence-electron chi connectivity index (χ0n) is 11.3. The lowest BCUT2D eigenvalue weighted by Crippen LogP contribution is -2.46. The van der Waals surface area contributed by atoms with E-state index in [2.05, 4.69) is 10.6 Å². The Hall–Kier alpha value is -1.26. The maximum atomic E-state index is 11.9. The number of ether oxygens (including phenoxy) is 1. The summed E-state index contributed by atoms with van der Waals surface area (Å²) in [4.78, 5) is 11.9. The average molecular weight is 285 g/mol. The molecule has 2 rings (SSSR count). The van der Waals surface area contributed by atoms with Crippen molar-refractivity contribution in [3.05, 3.63) is 29.8 Å². The van der Waals surface area contributed by atoms with Gasteiger partial charge in [-0.1, -0.05) is 25.1 Å². The highest BCUT2D eigenvalue weighted by Gasteiger charge is 2.22. The van der Waals surface area contributed by atoms with Crippen molar-refractivity contribution in [3.8, 4) is 5.75 Å². The molecule has 0 fully saturated rings. The second-order valence-electron chi connectivity index (χ2n) is 4.79. The van der Waals surface area contributed by atoms with Gasteiger partial charge >= 0.3 is 0 Å². The van der Waals surface area contributed by atoms with Gasteiger partial charge in [0.15, 0.2) is 0 Å². The summed E-state index contributed by atoms with van der Waals surface area (Å²) in [6.45, 7) is 3.16. The molecule has 0 bridgehead atoms. The van der Waals surface area contributed by atoms with E-state index in [9.17, 15) is 4.79 Å². The van der Waals surface area contributed by atoms with Crippen molar-refractivity contribution in [1.82, 2.24) is 10.6 Å². The van der Waals surface area contributed by atoms with E-state index in [-0.39, 0.29) is 30.3 Å². The summed E-state index contributed by atoms with van der Waals surface area (Å²) in [6.07, 6.45) is 0.841. The van der Waals surface area contributed by atoms with Gasteiger partial charge in [0, 0.05) is 12.5 Å². The Labute approximate surface area is 120 Å². The number of amides is 1. The van der Waals surface area contributed by atoms with Crippen molar-refractivity contribution < 1.29 is 9.53 Å². The molecular formula is C14H21ClN2O2. The van der Waals surface area contributed by atoms with Crippen LogP contribution < -0.4 is 15.4 Å². The first-order chi connectivity index (χ1) is 8.70. The van der Waals surface area contributed by atoms with Crippen molar-refractivity contribution in [1.29, 1.82) is 0 Å². The van der Waals surface area contributed by atoms with Crippen LogP contribution in [0.15, 0.2) is 24.3 Å². The highest BCUT2D eigenvalue weighted by molar-refractivity contribution is 5.85. The van der Waals surface area contributed by atoms with Gasteiger partial charge in [-0.05, 0) is 25.1 Å². The fourth-order valence-electron chi connectivity index (χ4n) is 2.16. The third-order valence-electron chi connectivity index (χ3n) is 3.18. The van der Waals surface area contributed by atoms with E-state index in [0.29, 0.717) is 13.2 Å². The second kappa shape index (κ2) is 7.36. The van der Waals surface area contributed by atoms with Crippen molar-refractivity contribution >= 4 is 18.3 Å². The van der Waals surface area contributed by atoms with Gasteiger partial charge in [0.1, 0.15) is 12.4 Å². The summed E-state index contributed by atoms with van der Waals surface area (Å²) in [6, 6.07) is 8.05. The molecule has 0 radical (unpaired) electrons. The van der Waals surface area contributed by atoms with Crippen LogP contribution in [0, 0.1) is 5.92 Å². The van der Waals surface area contributed by atoms with E-state index in [1.165, 1.54) is 0 Å². The fraction of sp³-hybridized carbons (Fsp3) is 0.500. The molecule has 1 aromatic carbocycles. The van der Waals surface area contributed by atoms with E-state index < -0.39 is 0 Å². The molecule has 4 nitrogen and oxygen atoms in total. The Balaban J connectivity index is 0.00000180. The Morgan fingerprint density at radius 2 is 2.21 bits per heavy atom. The number of hydrogen-bond donors (Lipinski definition) is 2. The molecule has 1 aromatic rings. The molecule has 1 amide bonds. The first-order valence-electron chi connectivity index (χ1n) is 6.36. The van der Waals surface area contributed by atoms with Crippen LogP contribution >= 0.6 is 12.4 Å². The van der Waals surface area contributed by atoms with Crippen molar-refractivity contribution in [2.45, 2.75) is 19.4 Å². The van der Waals surface area contributed by atoms with Crippen LogP contribution in [0.25, 0.3) is 0 Å². The minimum atomic E-state index is -0.0211. The highest BCUT2D eigenvalue weighted by atomic mass is 35.5. The predicted molar refractivity (Wildman–Crippen MR) is 77.9 cm³/mol. The van der Waals surface area contributed by atoms with Gasteiger partial charge in [-0.15, -0.1) is 12.4 Å². The fourth-order valence-corrected chi connectivity index (χ4v) is 2.16. The first kappa shape index (κ1) is 15.8. The molecule has 0 saturated heterocycles. The molecule has 0 saturated carbocycles. The first-order valence-corrected chi connectivity index (χ1v) is 6.36. The lowest BCUT2D eigenvalue weighted by Gasteiger charge is -2.27. The lowest BCUT2D eigenvalue weighted by molar-refractivity contribution is -0.125. The van der Waals surface area contributed by atoms with Gasteiger partial charge in [0.05, 0.1) is 6.04 Å². The molecule has 1 aliphatic rings. The minimum Gasteiger partial charge on any atom is -0.491 e. The van der Waals surface area contributed by atoms with Crippen LogP contribution in [-0.2, 0) is 11.2 Å². The number of hydrogen-bond acceptors (Lipinski definition) is 3. The third kappa shape index (κ3) is 4.11. The van der Waals surface area contributed by atoms with E-state index in [4.69, 9.17) is 4.74 Å². The number of fused-ring (bicyclic) bond motifs is 1. The largest absolute Gasteiger partial charge is 0.491 e. The molecule has 19 heavy (non-hydrogen) atoms. The SMILES string of the molecule is CNCC(C)C(=O)NC1COc2ccccc2C1.Cl. The zero-order chi connectivity index (χ0) is 13.0. The van der Waals surface area contributed by atoms with Crippen molar-refractivity contribution in [2.75, 3.05) is 20.2 Å². The maximum Gasteiger partial charge on any atom is 0.224 e. The quantitative estimate of drug-likeness (QED) is 0.878. The smallest absolute Gasteiger partial charge is 0.224 e. The second-order valence-corrected chi connectivity index (χ2v) is 4.79. The molecule has 2 N–H and O–H groups in total. The topological polar surface area (TPSA) is 50.4 Å². The Kier molecular flexibility index (Phi) is 6.12. The van der Waals surface area contributed by atoms with Gasteiger partial charge < -0.3 is 15.4 Å². The summed E-state index contributed by atoms with van der Waals surface area (Å²) in [5, 5.41) is 6.05. The van der Waals surface area contributed by atoms with E-state index in [0.717, 1.165) is 17.7 Å². The van der Waals surface area contributed by atoms with Crippen LogP contribution in [0.3, 0.4) is 0 Å². The number of carbonyl (C=O) groups excluding carboxylic acids is 1. The molecule has 1 aliphatic heterocycles. The summed E-state index contributed by atoms with van der Waals surface area (Å²) >= 11 is 0. The van der Waals surface area contributed by atoms with Gasteiger partial charge in [0.25, 0.3) is 0 Å². The average Bonchev–Trinajstić information content (AvgIpc) is 2.39.